The van der Waals surface area contributed by atoms with E-state index < -0.39 is 15.9 Å². The van der Waals surface area contributed by atoms with Gasteiger partial charge >= 0.3 is 0 Å². The third kappa shape index (κ3) is 4.39. The van der Waals surface area contributed by atoms with Gasteiger partial charge in [0.1, 0.15) is 0 Å². The molecule has 1 fully saturated rings. The van der Waals surface area contributed by atoms with Crippen LogP contribution in [0.3, 0.4) is 0 Å². The normalized spacial score (nSPS) is 16.9. The Labute approximate surface area is 177 Å². The van der Waals surface area contributed by atoms with Crippen LogP contribution in [0.15, 0.2) is 47.4 Å². The van der Waals surface area contributed by atoms with Crippen LogP contribution in [0.25, 0.3) is 0 Å². The van der Waals surface area contributed by atoms with Gasteiger partial charge in [-0.2, -0.15) is 0 Å². The summed E-state index contributed by atoms with van der Waals surface area (Å²) < 4.78 is 26.1. The van der Waals surface area contributed by atoms with Crippen LogP contribution in [-0.4, -0.2) is 45.2 Å². The van der Waals surface area contributed by atoms with Gasteiger partial charge in [-0.15, -0.1) is 0 Å². The van der Waals surface area contributed by atoms with Crippen molar-refractivity contribution in [1.82, 2.24) is 4.31 Å². The van der Waals surface area contributed by atoms with Gasteiger partial charge in [-0.05, 0) is 48.7 Å². The number of amides is 2. The molecule has 1 N–H and O–H groups in total. The number of rotatable bonds is 6. The molecule has 1 aliphatic heterocycles. The van der Waals surface area contributed by atoms with Gasteiger partial charge in [0.2, 0.25) is 21.8 Å². The molecule has 30 heavy (non-hydrogen) atoms. The van der Waals surface area contributed by atoms with Crippen molar-refractivity contribution in [3.8, 4) is 0 Å². The molecular weight excluding hydrogens is 402 g/mol. The summed E-state index contributed by atoms with van der Waals surface area (Å²) in [6.07, 6.45) is 1.04. The third-order valence-corrected chi connectivity index (χ3v) is 7.32. The van der Waals surface area contributed by atoms with Crippen LogP contribution in [0.2, 0.25) is 0 Å². The first kappa shape index (κ1) is 22.0. The quantitative estimate of drug-likeness (QED) is 0.765. The Hall–Kier alpha value is -2.71. The first-order valence-corrected chi connectivity index (χ1v) is 11.3. The van der Waals surface area contributed by atoms with E-state index in [1.807, 2.05) is 24.3 Å². The maximum Gasteiger partial charge on any atom is 0.242 e. The third-order valence-electron chi connectivity index (χ3n) is 5.37. The van der Waals surface area contributed by atoms with Crippen molar-refractivity contribution in [2.45, 2.75) is 31.6 Å². The SMILES string of the molecule is CCc1ccc(N2C[C@@H](C(=O)Nc3ccc(C)c(S(=O)(=O)N(C)C)c3)CC2=O)cc1. The second-order valence-corrected chi connectivity index (χ2v) is 9.80. The van der Waals surface area contributed by atoms with Crippen LogP contribution in [0.1, 0.15) is 24.5 Å². The van der Waals surface area contributed by atoms with Crippen molar-refractivity contribution < 1.29 is 18.0 Å². The minimum atomic E-state index is -3.62. The number of aryl methyl sites for hydroxylation is 2. The molecule has 1 saturated heterocycles. The number of hydrogen-bond acceptors (Lipinski definition) is 4. The summed E-state index contributed by atoms with van der Waals surface area (Å²) in [5.41, 5.74) is 2.95. The number of nitrogens with zero attached hydrogens (tertiary/aromatic N) is 2. The Bertz CT molecular complexity index is 1060. The average molecular weight is 430 g/mol. The number of benzene rings is 2. The van der Waals surface area contributed by atoms with E-state index in [0.717, 1.165) is 16.4 Å². The number of nitrogens with one attached hydrogen (secondary N) is 1. The molecule has 0 aromatic heterocycles. The van der Waals surface area contributed by atoms with Crippen molar-refractivity contribution in [2.24, 2.45) is 5.92 Å². The molecule has 3 rings (SSSR count). The maximum atomic E-state index is 12.8. The van der Waals surface area contributed by atoms with Gasteiger partial charge in [-0.1, -0.05) is 25.1 Å². The van der Waals surface area contributed by atoms with Crippen LogP contribution < -0.4 is 10.2 Å². The lowest BCUT2D eigenvalue weighted by Gasteiger charge is -2.18. The summed E-state index contributed by atoms with van der Waals surface area (Å²) in [7, 11) is -0.696. The minimum Gasteiger partial charge on any atom is -0.326 e. The van der Waals surface area contributed by atoms with E-state index in [-0.39, 0.29) is 23.1 Å². The number of hydrogen-bond donors (Lipinski definition) is 1. The Morgan fingerprint density at radius 1 is 1.17 bits per heavy atom. The molecule has 8 heteroatoms. The Kier molecular flexibility index (Phi) is 6.28. The van der Waals surface area contributed by atoms with E-state index >= 15 is 0 Å². The topological polar surface area (TPSA) is 86.8 Å². The van der Waals surface area contributed by atoms with Crippen molar-refractivity contribution in [1.29, 1.82) is 0 Å². The first-order chi connectivity index (χ1) is 14.1. The number of carbonyl (C=O) groups is 2. The van der Waals surface area contributed by atoms with E-state index in [0.29, 0.717) is 17.8 Å². The highest BCUT2D eigenvalue weighted by Gasteiger charge is 2.35. The minimum absolute atomic E-state index is 0.0980. The van der Waals surface area contributed by atoms with Gasteiger partial charge < -0.3 is 10.2 Å². The first-order valence-electron chi connectivity index (χ1n) is 9.86. The molecular formula is C22H27N3O4S. The predicted octanol–water partition coefficient (Wildman–Crippen LogP) is 2.80. The monoisotopic (exact) mass is 429 g/mol. The molecule has 1 heterocycles. The van der Waals surface area contributed by atoms with E-state index in [4.69, 9.17) is 0 Å². The second-order valence-electron chi connectivity index (χ2n) is 7.68. The van der Waals surface area contributed by atoms with Crippen LogP contribution >= 0.6 is 0 Å². The van der Waals surface area contributed by atoms with E-state index in [2.05, 4.69) is 12.2 Å². The molecule has 160 valence electrons. The van der Waals surface area contributed by atoms with Gasteiger partial charge in [0, 0.05) is 38.4 Å². The van der Waals surface area contributed by atoms with E-state index in [9.17, 15) is 18.0 Å². The standard InChI is InChI=1S/C22H27N3O4S/c1-5-16-7-10-19(11-8-16)25-14-17(12-21(25)26)22(27)23-18-9-6-15(2)20(13-18)30(28,29)24(3)4/h6-11,13,17H,5,12,14H2,1-4H3,(H,23,27)/t17-/m0/s1. The van der Waals surface area contributed by atoms with E-state index in [1.54, 1.807) is 24.0 Å². The Morgan fingerprint density at radius 2 is 1.83 bits per heavy atom. The van der Waals surface area contributed by atoms with Gasteiger partial charge in [0.15, 0.2) is 0 Å². The highest BCUT2D eigenvalue weighted by molar-refractivity contribution is 7.89. The fraction of sp³-hybridized carbons (Fsp3) is 0.364. The second kappa shape index (κ2) is 8.57. The fourth-order valence-electron chi connectivity index (χ4n) is 3.44. The molecule has 0 saturated carbocycles. The smallest absolute Gasteiger partial charge is 0.242 e. The van der Waals surface area contributed by atoms with Gasteiger partial charge in [-0.3, -0.25) is 9.59 Å². The molecule has 0 spiro atoms. The molecule has 2 amide bonds. The highest BCUT2D eigenvalue weighted by Crippen LogP contribution is 2.27. The van der Waals surface area contributed by atoms with Crippen LogP contribution in [0.5, 0.6) is 0 Å². The zero-order valence-electron chi connectivity index (χ0n) is 17.7. The fourth-order valence-corrected chi connectivity index (χ4v) is 4.59. The van der Waals surface area contributed by atoms with Crippen LogP contribution in [0, 0.1) is 12.8 Å². The molecule has 0 unspecified atom stereocenters. The summed E-state index contributed by atoms with van der Waals surface area (Å²) in [5.74, 6) is -0.897. The maximum absolute atomic E-state index is 12.8. The summed E-state index contributed by atoms with van der Waals surface area (Å²) in [4.78, 5) is 27.0. The number of sulfonamides is 1. The highest BCUT2D eigenvalue weighted by atomic mass is 32.2. The lowest BCUT2D eigenvalue weighted by molar-refractivity contribution is -0.122. The lowest BCUT2D eigenvalue weighted by atomic mass is 10.1. The molecule has 2 aromatic rings. The molecule has 1 atom stereocenters. The van der Waals surface area contributed by atoms with Crippen LogP contribution in [-0.2, 0) is 26.0 Å². The van der Waals surface area contributed by atoms with Gasteiger partial charge in [-0.25, -0.2) is 12.7 Å². The summed E-state index contributed by atoms with van der Waals surface area (Å²) in [6, 6.07) is 12.5. The number of anilines is 2. The average Bonchev–Trinajstić information content (AvgIpc) is 3.11. The van der Waals surface area contributed by atoms with Crippen molar-refractivity contribution in [3.63, 3.8) is 0 Å². The largest absolute Gasteiger partial charge is 0.326 e. The summed E-state index contributed by atoms with van der Waals surface area (Å²) in [5, 5.41) is 2.77. The van der Waals surface area contributed by atoms with Gasteiger partial charge in [0.25, 0.3) is 0 Å². The van der Waals surface area contributed by atoms with Crippen molar-refractivity contribution in [2.75, 3.05) is 30.9 Å². The van der Waals surface area contributed by atoms with Crippen molar-refractivity contribution >= 4 is 33.2 Å². The molecule has 1 aliphatic rings. The molecule has 2 aromatic carbocycles. The summed E-state index contributed by atoms with van der Waals surface area (Å²) >= 11 is 0. The van der Waals surface area contributed by atoms with Crippen LogP contribution in [0.4, 0.5) is 11.4 Å². The number of carbonyl (C=O) groups excluding carboxylic acids is 2. The zero-order valence-corrected chi connectivity index (χ0v) is 18.5. The molecule has 0 bridgehead atoms. The van der Waals surface area contributed by atoms with Crippen molar-refractivity contribution in [3.05, 3.63) is 53.6 Å². The Morgan fingerprint density at radius 3 is 2.43 bits per heavy atom. The van der Waals surface area contributed by atoms with E-state index in [1.165, 1.54) is 25.7 Å². The molecule has 0 radical (unpaired) electrons. The summed E-state index contributed by atoms with van der Waals surface area (Å²) in [6.45, 7) is 4.07. The van der Waals surface area contributed by atoms with Gasteiger partial charge in [0.05, 0.1) is 10.8 Å². The lowest BCUT2D eigenvalue weighted by Crippen LogP contribution is -2.28. The molecule has 0 aliphatic carbocycles. The molecule has 7 nitrogen and oxygen atoms in total. The predicted molar refractivity (Wildman–Crippen MR) is 117 cm³/mol. The zero-order chi connectivity index (χ0) is 22.1. The Balaban J connectivity index is 1.74.